The van der Waals surface area contributed by atoms with Crippen molar-refractivity contribution in [2.75, 3.05) is 14.2 Å². The maximum absolute atomic E-state index is 11.9. The first-order chi connectivity index (χ1) is 8.06. The number of benzene rings is 1. The zero-order valence-corrected chi connectivity index (χ0v) is 10.3. The van der Waals surface area contributed by atoms with Gasteiger partial charge in [-0.05, 0) is 6.07 Å². The molecule has 1 aliphatic rings. The second-order valence-corrected chi connectivity index (χ2v) is 4.32. The molecule has 0 aromatic heterocycles. The van der Waals surface area contributed by atoms with Crippen molar-refractivity contribution in [2.24, 2.45) is 0 Å². The van der Waals surface area contributed by atoms with Gasteiger partial charge in [-0.3, -0.25) is 14.5 Å². The molecule has 1 heterocycles. The summed E-state index contributed by atoms with van der Waals surface area (Å²) < 4.78 is 5.19. The van der Waals surface area contributed by atoms with Crippen molar-refractivity contribution in [3.05, 3.63) is 28.8 Å². The fraction of sp³-hybridized carbons (Fsp3) is 0.333. The molecule has 17 heavy (non-hydrogen) atoms. The number of amides is 2. The molecule has 1 atom stereocenters. The second-order valence-electron chi connectivity index (χ2n) is 3.91. The van der Waals surface area contributed by atoms with Crippen molar-refractivity contribution in [1.29, 1.82) is 0 Å². The van der Waals surface area contributed by atoms with Gasteiger partial charge in [0, 0.05) is 19.0 Å². The molecule has 1 saturated heterocycles. The van der Waals surface area contributed by atoms with E-state index in [9.17, 15) is 9.59 Å². The lowest BCUT2D eigenvalue weighted by Gasteiger charge is -2.14. The number of carbonyl (C=O) groups is 2. The summed E-state index contributed by atoms with van der Waals surface area (Å²) >= 11 is 5.99. The van der Waals surface area contributed by atoms with Gasteiger partial charge in [-0.2, -0.15) is 0 Å². The summed E-state index contributed by atoms with van der Waals surface area (Å²) in [5, 5.41) is 0.444. The molecule has 5 heteroatoms. The van der Waals surface area contributed by atoms with Gasteiger partial charge in [-0.1, -0.05) is 23.7 Å². The Kier molecular flexibility index (Phi) is 3.07. The monoisotopic (exact) mass is 253 g/mol. The number of ether oxygens (including phenoxy) is 1. The number of hydrogen-bond donors (Lipinski definition) is 0. The lowest BCUT2D eigenvalue weighted by atomic mass is 9.96. The number of hydrogen-bond acceptors (Lipinski definition) is 3. The van der Waals surface area contributed by atoms with E-state index >= 15 is 0 Å². The maximum Gasteiger partial charge on any atom is 0.237 e. The van der Waals surface area contributed by atoms with E-state index in [-0.39, 0.29) is 18.2 Å². The third-order valence-corrected chi connectivity index (χ3v) is 3.26. The Morgan fingerprint density at radius 1 is 1.41 bits per heavy atom. The predicted molar refractivity (Wildman–Crippen MR) is 63.1 cm³/mol. The smallest absolute Gasteiger partial charge is 0.237 e. The molecule has 90 valence electrons. The first kappa shape index (κ1) is 11.9. The van der Waals surface area contributed by atoms with E-state index in [4.69, 9.17) is 16.3 Å². The highest BCUT2D eigenvalue weighted by atomic mass is 35.5. The van der Waals surface area contributed by atoms with Gasteiger partial charge in [-0.15, -0.1) is 0 Å². The van der Waals surface area contributed by atoms with Gasteiger partial charge in [0.1, 0.15) is 5.75 Å². The minimum atomic E-state index is -0.485. The molecule has 0 N–H and O–H groups in total. The molecule has 1 unspecified atom stereocenters. The molecular weight excluding hydrogens is 242 g/mol. The SMILES string of the molecule is COc1c(Cl)cccc1C1CC(=O)N(C)C1=O. The summed E-state index contributed by atoms with van der Waals surface area (Å²) in [5.41, 5.74) is 0.669. The first-order valence-corrected chi connectivity index (χ1v) is 5.57. The summed E-state index contributed by atoms with van der Waals surface area (Å²) in [7, 11) is 2.98. The van der Waals surface area contributed by atoms with E-state index in [2.05, 4.69) is 0 Å². The Hall–Kier alpha value is -1.55. The Morgan fingerprint density at radius 2 is 2.12 bits per heavy atom. The van der Waals surface area contributed by atoms with Crippen LogP contribution >= 0.6 is 11.6 Å². The van der Waals surface area contributed by atoms with E-state index in [1.165, 1.54) is 14.2 Å². The van der Waals surface area contributed by atoms with Crippen molar-refractivity contribution in [2.45, 2.75) is 12.3 Å². The number of methoxy groups -OCH3 is 1. The van der Waals surface area contributed by atoms with Gasteiger partial charge in [0.2, 0.25) is 11.8 Å². The molecule has 2 rings (SSSR count). The highest BCUT2D eigenvalue weighted by molar-refractivity contribution is 6.32. The lowest BCUT2D eigenvalue weighted by Crippen LogP contribution is -2.25. The molecule has 0 spiro atoms. The fourth-order valence-electron chi connectivity index (χ4n) is 2.01. The maximum atomic E-state index is 11.9. The second kappa shape index (κ2) is 4.37. The number of para-hydroxylation sites is 1. The number of likely N-dealkylation sites (tertiary alicyclic amines) is 1. The van der Waals surface area contributed by atoms with Crippen LogP contribution in [0.4, 0.5) is 0 Å². The minimum absolute atomic E-state index is 0.173. The number of halogens is 1. The van der Waals surface area contributed by atoms with E-state index in [1.54, 1.807) is 18.2 Å². The Labute approximate surface area is 104 Å². The molecule has 1 aromatic rings. The first-order valence-electron chi connectivity index (χ1n) is 5.19. The van der Waals surface area contributed by atoms with Crippen LogP contribution < -0.4 is 4.74 Å². The standard InChI is InChI=1S/C12H12ClNO3/c1-14-10(15)6-8(12(14)16)7-4-3-5-9(13)11(7)17-2/h3-5,8H,6H2,1-2H3. The third-order valence-electron chi connectivity index (χ3n) is 2.96. The Bertz CT molecular complexity index is 487. The number of nitrogens with zero attached hydrogens (tertiary/aromatic N) is 1. The van der Waals surface area contributed by atoms with E-state index < -0.39 is 5.92 Å². The highest BCUT2D eigenvalue weighted by Gasteiger charge is 2.38. The van der Waals surface area contributed by atoms with Gasteiger partial charge in [-0.25, -0.2) is 0 Å². The van der Waals surface area contributed by atoms with E-state index in [0.29, 0.717) is 16.3 Å². The van der Waals surface area contributed by atoms with Crippen molar-refractivity contribution < 1.29 is 14.3 Å². The molecule has 4 nitrogen and oxygen atoms in total. The van der Waals surface area contributed by atoms with Crippen molar-refractivity contribution in [3.8, 4) is 5.75 Å². The average molecular weight is 254 g/mol. The van der Waals surface area contributed by atoms with Crippen LogP contribution in [0.25, 0.3) is 0 Å². The van der Waals surface area contributed by atoms with Crippen LogP contribution in [0.5, 0.6) is 5.75 Å². The van der Waals surface area contributed by atoms with Gasteiger partial charge in [0.25, 0.3) is 0 Å². The lowest BCUT2D eigenvalue weighted by molar-refractivity contribution is -0.137. The topological polar surface area (TPSA) is 46.6 Å². The number of imide groups is 1. The van der Waals surface area contributed by atoms with Gasteiger partial charge < -0.3 is 4.74 Å². The van der Waals surface area contributed by atoms with Crippen LogP contribution in [0.3, 0.4) is 0 Å². The number of likely N-dealkylation sites (N-methyl/N-ethyl adjacent to an activating group) is 1. The molecular formula is C12H12ClNO3. The van der Waals surface area contributed by atoms with Crippen molar-refractivity contribution in [3.63, 3.8) is 0 Å². The molecule has 1 aliphatic heterocycles. The minimum Gasteiger partial charge on any atom is -0.495 e. The Morgan fingerprint density at radius 3 is 2.65 bits per heavy atom. The molecule has 0 bridgehead atoms. The summed E-state index contributed by atoms with van der Waals surface area (Å²) in [5.74, 6) is -0.408. The van der Waals surface area contributed by atoms with Gasteiger partial charge >= 0.3 is 0 Å². The van der Waals surface area contributed by atoms with Gasteiger partial charge in [0.05, 0.1) is 18.1 Å². The predicted octanol–water partition coefficient (Wildman–Crippen LogP) is 1.82. The number of carbonyl (C=O) groups excluding carboxylic acids is 2. The summed E-state index contributed by atoms with van der Waals surface area (Å²) in [4.78, 5) is 24.5. The molecule has 0 aliphatic carbocycles. The average Bonchev–Trinajstić information content (AvgIpc) is 2.56. The van der Waals surface area contributed by atoms with E-state index in [1.807, 2.05) is 0 Å². The number of rotatable bonds is 2. The highest BCUT2D eigenvalue weighted by Crippen LogP contribution is 2.38. The Balaban J connectivity index is 2.45. The summed E-state index contributed by atoms with van der Waals surface area (Å²) in [6.45, 7) is 0. The largest absolute Gasteiger partial charge is 0.495 e. The summed E-state index contributed by atoms with van der Waals surface area (Å²) in [6, 6.07) is 5.20. The normalized spacial score (nSPS) is 19.9. The quantitative estimate of drug-likeness (QED) is 0.756. The fourth-order valence-corrected chi connectivity index (χ4v) is 2.27. The van der Waals surface area contributed by atoms with Crippen LogP contribution in [-0.4, -0.2) is 30.9 Å². The van der Waals surface area contributed by atoms with Gasteiger partial charge in [0.15, 0.2) is 0 Å². The summed E-state index contributed by atoms with van der Waals surface area (Å²) in [6.07, 6.45) is 0.173. The molecule has 1 aromatic carbocycles. The zero-order valence-electron chi connectivity index (χ0n) is 9.57. The van der Waals surface area contributed by atoms with Crippen LogP contribution in [0.1, 0.15) is 17.9 Å². The van der Waals surface area contributed by atoms with Crippen LogP contribution in [0.2, 0.25) is 5.02 Å². The van der Waals surface area contributed by atoms with Crippen LogP contribution in [0.15, 0.2) is 18.2 Å². The van der Waals surface area contributed by atoms with E-state index in [0.717, 1.165) is 4.90 Å². The molecule has 2 amide bonds. The third kappa shape index (κ3) is 1.89. The van der Waals surface area contributed by atoms with Crippen LogP contribution in [0, 0.1) is 0 Å². The van der Waals surface area contributed by atoms with Crippen LogP contribution in [-0.2, 0) is 9.59 Å². The van der Waals surface area contributed by atoms with Crippen molar-refractivity contribution >= 4 is 23.4 Å². The molecule has 0 radical (unpaired) electrons. The van der Waals surface area contributed by atoms with Crippen molar-refractivity contribution in [1.82, 2.24) is 4.90 Å². The molecule has 0 saturated carbocycles. The zero-order chi connectivity index (χ0) is 12.6. The molecule has 1 fully saturated rings.